The summed E-state index contributed by atoms with van der Waals surface area (Å²) in [4.78, 5) is 35.7. The van der Waals surface area contributed by atoms with Crippen molar-refractivity contribution in [2.24, 2.45) is 0 Å². The van der Waals surface area contributed by atoms with Crippen LogP contribution in [0.5, 0.6) is 0 Å². The minimum Gasteiger partial charge on any atom is -0.439 e. The van der Waals surface area contributed by atoms with Crippen molar-refractivity contribution < 1.29 is 36.8 Å². The zero-order chi connectivity index (χ0) is 22.9. The van der Waals surface area contributed by atoms with E-state index < -0.39 is 46.8 Å². The van der Waals surface area contributed by atoms with Crippen molar-refractivity contribution in [2.75, 3.05) is 0 Å². The summed E-state index contributed by atoms with van der Waals surface area (Å²) in [5.74, 6) is -1.17. The summed E-state index contributed by atoms with van der Waals surface area (Å²) in [6, 6.07) is 5.34. The molecule has 0 spiro atoms. The number of carbonyl (C=O) groups is 2. The number of hydrogen-bond acceptors (Lipinski definition) is 5. The first-order valence-electron chi connectivity index (χ1n) is 8.86. The molecule has 0 bridgehead atoms. The monoisotopic (exact) mass is 441 g/mol. The minimum absolute atomic E-state index is 0.178. The van der Waals surface area contributed by atoms with E-state index in [1.165, 1.54) is 31.2 Å². The zero-order valence-electron chi connectivity index (χ0n) is 15.9. The Morgan fingerprint density at radius 3 is 2.58 bits per heavy atom. The first-order valence-corrected chi connectivity index (χ1v) is 8.86. The SMILES string of the molecule is CC1C(c2cc(F)cc(C(F)(F)F)c2)OC(=O)N1C(=O)NCc1ccccc1[N+](=O)[O-]. The van der Waals surface area contributed by atoms with Crippen LogP contribution in [0.4, 0.5) is 32.8 Å². The number of urea groups is 1. The van der Waals surface area contributed by atoms with Gasteiger partial charge in [0.25, 0.3) is 5.69 Å². The molecule has 1 heterocycles. The van der Waals surface area contributed by atoms with Gasteiger partial charge in [0.15, 0.2) is 0 Å². The highest BCUT2D eigenvalue weighted by Crippen LogP contribution is 2.37. The van der Waals surface area contributed by atoms with E-state index in [1.807, 2.05) is 0 Å². The van der Waals surface area contributed by atoms with Gasteiger partial charge in [-0.2, -0.15) is 13.2 Å². The van der Waals surface area contributed by atoms with Gasteiger partial charge in [0.1, 0.15) is 11.9 Å². The number of cyclic esters (lactones) is 1. The first-order chi connectivity index (χ1) is 14.5. The smallest absolute Gasteiger partial charge is 0.419 e. The van der Waals surface area contributed by atoms with Crippen LogP contribution in [-0.4, -0.2) is 28.0 Å². The van der Waals surface area contributed by atoms with Gasteiger partial charge in [-0.15, -0.1) is 0 Å². The van der Waals surface area contributed by atoms with Crippen molar-refractivity contribution in [3.05, 3.63) is 75.1 Å². The highest BCUT2D eigenvalue weighted by Gasteiger charge is 2.44. The maximum absolute atomic E-state index is 13.7. The maximum Gasteiger partial charge on any atom is 0.419 e. The number of imide groups is 1. The van der Waals surface area contributed by atoms with Gasteiger partial charge in [0, 0.05) is 11.6 Å². The molecule has 31 heavy (non-hydrogen) atoms. The number of para-hydroxylation sites is 1. The summed E-state index contributed by atoms with van der Waals surface area (Å²) in [7, 11) is 0. The fraction of sp³-hybridized carbons (Fsp3) is 0.263. The van der Waals surface area contributed by atoms with Crippen LogP contribution in [-0.2, 0) is 17.5 Å². The molecule has 0 radical (unpaired) electrons. The number of amides is 3. The zero-order valence-corrected chi connectivity index (χ0v) is 15.9. The Labute approximate surface area is 172 Å². The van der Waals surface area contributed by atoms with Gasteiger partial charge in [-0.1, -0.05) is 18.2 Å². The molecule has 8 nitrogen and oxygen atoms in total. The third kappa shape index (κ3) is 4.57. The summed E-state index contributed by atoms with van der Waals surface area (Å²) in [6.07, 6.45) is -7.29. The Morgan fingerprint density at radius 2 is 1.94 bits per heavy atom. The number of ether oxygens (including phenoxy) is 1. The molecule has 12 heteroatoms. The van der Waals surface area contributed by atoms with Gasteiger partial charge in [-0.3, -0.25) is 10.1 Å². The van der Waals surface area contributed by atoms with Gasteiger partial charge in [-0.05, 0) is 30.7 Å². The lowest BCUT2D eigenvalue weighted by Crippen LogP contribution is -2.44. The number of nitro groups is 1. The average Bonchev–Trinajstić information content (AvgIpc) is 2.99. The van der Waals surface area contributed by atoms with E-state index in [4.69, 9.17) is 4.74 Å². The molecule has 0 saturated carbocycles. The van der Waals surface area contributed by atoms with Gasteiger partial charge < -0.3 is 10.1 Å². The predicted molar refractivity (Wildman–Crippen MR) is 97.3 cm³/mol. The van der Waals surface area contributed by atoms with Gasteiger partial charge in [0.2, 0.25) is 0 Å². The number of carbonyl (C=O) groups excluding carboxylic acids is 2. The third-order valence-corrected chi connectivity index (χ3v) is 4.68. The summed E-state index contributed by atoms with van der Waals surface area (Å²) >= 11 is 0. The lowest BCUT2D eigenvalue weighted by atomic mass is 10.0. The molecule has 164 valence electrons. The summed E-state index contributed by atoms with van der Waals surface area (Å²) < 4.78 is 57.6. The quantitative estimate of drug-likeness (QED) is 0.426. The number of nitrogens with zero attached hydrogens (tertiary/aromatic N) is 2. The third-order valence-electron chi connectivity index (χ3n) is 4.68. The number of nitrogens with one attached hydrogen (secondary N) is 1. The first kappa shape index (κ1) is 22.0. The summed E-state index contributed by atoms with van der Waals surface area (Å²) in [5, 5.41) is 13.4. The lowest BCUT2D eigenvalue weighted by molar-refractivity contribution is -0.385. The van der Waals surface area contributed by atoms with Crippen molar-refractivity contribution in [2.45, 2.75) is 31.8 Å². The van der Waals surface area contributed by atoms with Crippen molar-refractivity contribution >= 4 is 17.8 Å². The molecule has 0 aliphatic carbocycles. The van der Waals surface area contributed by atoms with Crippen LogP contribution < -0.4 is 5.32 Å². The Morgan fingerprint density at radius 1 is 1.26 bits per heavy atom. The number of rotatable bonds is 4. The van der Waals surface area contributed by atoms with Gasteiger partial charge in [-0.25, -0.2) is 18.9 Å². The predicted octanol–water partition coefficient (Wildman–Crippen LogP) is 4.54. The molecule has 3 amide bonds. The van der Waals surface area contributed by atoms with E-state index in [9.17, 15) is 37.3 Å². The highest BCUT2D eigenvalue weighted by molar-refractivity contribution is 5.92. The van der Waals surface area contributed by atoms with Crippen LogP contribution in [0, 0.1) is 15.9 Å². The second-order valence-electron chi connectivity index (χ2n) is 6.73. The average molecular weight is 441 g/mol. The van der Waals surface area contributed by atoms with Crippen LogP contribution >= 0.6 is 0 Å². The van der Waals surface area contributed by atoms with Crippen molar-refractivity contribution in [1.29, 1.82) is 0 Å². The summed E-state index contributed by atoms with van der Waals surface area (Å²) in [5.41, 5.74) is -1.58. The standard InChI is InChI=1S/C19H15F4N3O5/c1-10-16(12-6-13(19(21,22)23)8-14(20)7-12)31-18(28)25(10)17(27)24-9-11-4-2-3-5-15(11)26(29)30/h2-8,10,16H,9H2,1H3,(H,24,27). The molecule has 2 aromatic carbocycles. The number of hydrogen-bond donors (Lipinski definition) is 1. The van der Waals surface area contributed by atoms with Crippen molar-refractivity contribution in [3.63, 3.8) is 0 Å². The lowest BCUT2D eigenvalue weighted by Gasteiger charge is -2.20. The summed E-state index contributed by atoms with van der Waals surface area (Å²) in [6.45, 7) is 1.06. The molecule has 2 aromatic rings. The Kier molecular flexibility index (Phi) is 5.82. The minimum atomic E-state index is -4.82. The fourth-order valence-electron chi connectivity index (χ4n) is 3.21. The Bertz CT molecular complexity index is 1040. The Balaban J connectivity index is 1.78. The van der Waals surface area contributed by atoms with Gasteiger partial charge >= 0.3 is 18.3 Å². The van der Waals surface area contributed by atoms with Crippen LogP contribution in [0.2, 0.25) is 0 Å². The molecular weight excluding hydrogens is 426 g/mol. The highest BCUT2D eigenvalue weighted by atomic mass is 19.4. The van der Waals surface area contributed by atoms with E-state index >= 15 is 0 Å². The normalized spacial score (nSPS) is 18.6. The van der Waals surface area contributed by atoms with Crippen LogP contribution in [0.15, 0.2) is 42.5 Å². The fourth-order valence-corrected chi connectivity index (χ4v) is 3.21. The van der Waals surface area contributed by atoms with Crippen LogP contribution in [0.1, 0.15) is 29.7 Å². The van der Waals surface area contributed by atoms with Crippen molar-refractivity contribution in [1.82, 2.24) is 10.2 Å². The van der Waals surface area contributed by atoms with E-state index in [0.717, 1.165) is 6.07 Å². The van der Waals surface area contributed by atoms with E-state index in [2.05, 4.69) is 5.32 Å². The van der Waals surface area contributed by atoms with E-state index in [0.29, 0.717) is 17.0 Å². The topological polar surface area (TPSA) is 102 Å². The molecular formula is C19H15F4N3O5. The molecule has 3 rings (SSSR count). The largest absolute Gasteiger partial charge is 0.439 e. The molecule has 1 N–H and O–H groups in total. The Hall–Kier alpha value is -3.70. The number of halogens is 4. The number of nitro benzene ring substituents is 1. The van der Waals surface area contributed by atoms with Crippen molar-refractivity contribution in [3.8, 4) is 0 Å². The molecule has 1 aliphatic heterocycles. The molecule has 0 aromatic heterocycles. The molecule has 2 atom stereocenters. The number of benzene rings is 2. The molecule has 2 unspecified atom stereocenters. The van der Waals surface area contributed by atoms with Crippen LogP contribution in [0.25, 0.3) is 0 Å². The second kappa shape index (κ2) is 8.20. The second-order valence-corrected chi connectivity index (χ2v) is 6.73. The number of alkyl halides is 3. The maximum atomic E-state index is 13.7. The van der Waals surface area contributed by atoms with Gasteiger partial charge in [0.05, 0.1) is 23.1 Å². The van der Waals surface area contributed by atoms with E-state index in [1.54, 1.807) is 0 Å². The molecule has 1 saturated heterocycles. The van der Waals surface area contributed by atoms with E-state index in [-0.39, 0.29) is 23.4 Å². The van der Waals surface area contributed by atoms with Crippen LogP contribution in [0.3, 0.4) is 0 Å². The molecule has 1 aliphatic rings. The molecule has 1 fully saturated rings.